The predicted molar refractivity (Wildman–Crippen MR) is 69.9 cm³/mol. The maximum absolute atomic E-state index is 11.4. The topological polar surface area (TPSA) is 80.8 Å². The highest BCUT2D eigenvalue weighted by Crippen LogP contribution is 2.31. The van der Waals surface area contributed by atoms with E-state index in [2.05, 4.69) is 0 Å². The van der Waals surface area contributed by atoms with E-state index in [1.165, 1.54) is 39.2 Å². The second-order valence-corrected chi connectivity index (χ2v) is 6.18. The molecule has 1 rings (SSSR count). The van der Waals surface area contributed by atoms with Crippen molar-refractivity contribution in [2.45, 2.75) is 18.7 Å². The van der Waals surface area contributed by atoms with Crippen LogP contribution in [-0.2, 0) is 18.6 Å². The van der Waals surface area contributed by atoms with Gasteiger partial charge >= 0.3 is 0 Å². The molecule has 0 aromatic heterocycles. The van der Waals surface area contributed by atoms with Gasteiger partial charge in [0.05, 0.1) is 12.8 Å². The number of carbonyl (C=O) groups is 2. The van der Waals surface area contributed by atoms with Crippen LogP contribution in [0.1, 0.15) is 13.8 Å². The van der Waals surface area contributed by atoms with Crippen molar-refractivity contribution < 1.29 is 22.7 Å². The second-order valence-electron chi connectivity index (χ2n) is 3.65. The van der Waals surface area contributed by atoms with Gasteiger partial charge in [-0.05, 0) is 12.1 Å². The molecule has 6 nitrogen and oxygen atoms in total. The molecule has 0 aliphatic carbocycles. The lowest BCUT2D eigenvalue weighted by Crippen LogP contribution is -2.33. The number of benzene rings is 1. The number of amides is 2. The zero-order chi connectivity index (χ0) is 14.8. The van der Waals surface area contributed by atoms with Crippen molar-refractivity contribution in [2.24, 2.45) is 0 Å². The molecule has 1 aromatic rings. The molecule has 0 saturated carbocycles. The summed E-state index contributed by atoms with van der Waals surface area (Å²) in [5, 5.41) is 0. The SMILES string of the molecule is COc1cc(N(C(C)=O)C(C)=O)ccc1S(=O)(=O)Cl. The van der Waals surface area contributed by atoms with Gasteiger partial charge in [0, 0.05) is 30.6 Å². The zero-order valence-corrected chi connectivity index (χ0v) is 12.1. The molecule has 104 valence electrons. The van der Waals surface area contributed by atoms with Gasteiger partial charge in [0.15, 0.2) is 0 Å². The number of ether oxygens (including phenoxy) is 1. The van der Waals surface area contributed by atoms with Crippen LogP contribution in [0.15, 0.2) is 23.1 Å². The Morgan fingerprint density at radius 1 is 1.21 bits per heavy atom. The normalized spacial score (nSPS) is 10.9. The van der Waals surface area contributed by atoms with Crippen molar-refractivity contribution in [3.8, 4) is 5.75 Å². The Labute approximate surface area is 115 Å². The van der Waals surface area contributed by atoms with E-state index in [1.807, 2.05) is 0 Å². The number of rotatable bonds is 3. The Kier molecular flexibility index (Phi) is 4.54. The molecule has 19 heavy (non-hydrogen) atoms. The molecule has 2 amide bonds. The van der Waals surface area contributed by atoms with E-state index in [9.17, 15) is 18.0 Å². The number of hydrogen-bond acceptors (Lipinski definition) is 5. The summed E-state index contributed by atoms with van der Waals surface area (Å²) >= 11 is 0. The number of carbonyl (C=O) groups excluding carboxylic acids is 2. The summed E-state index contributed by atoms with van der Waals surface area (Å²) in [6.45, 7) is 2.44. The van der Waals surface area contributed by atoms with Crippen LogP contribution < -0.4 is 9.64 Å². The highest BCUT2D eigenvalue weighted by molar-refractivity contribution is 8.13. The van der Waals surface area contributed by atoms with Gasteiger partial charge in [-0.1, -0.05) is 0 Å². The van der Waals surface area contributed by atoms with E-state index >= 15 is 0 Å². The zero-order valence-electron chi connectivity index (χ0n) is 10.5. The molecular weight excluding hydrogens is 294 g/mol. The van der Waals surface area contributed by atoms with Crippen LogP contribution in [0.5, 0.6) is 5.75 Å². The van der Waals surface area contributed by atoms with Gasteiger partial charge in [-0.15, -0.1) is 0 Å². The van der Waals surface area contributed by atoms with Gasteiger partial charge in [0.1, 0.15) is 10.6 Å². The largest absolute Gasteiger partial charge is 0.495 e. The smallest absolute Gasteiger partial charge is 0.264 e. The maximum atomic E-state index is 11.4. The monoisotopic (exact) mass is 305 g/mol. The lowest BCUT2D eigenvalue weighted by Gasteiger charge is -2.18. The molecule has 0 aliphatic heterocycles. The van der Waals surface area contributed by atoms with Gasteiger partial charge in [-0.25, -0.2) is 8.42 Å². The summed E-state index contributed by atoms with van der Waals surface area (Å²) in [5.41, 5.74) is 0.209. The number of nitrogens with zero attached hydrogens (tertiary/aromatic N) is 1. The summed E-state index contributed by atoms with van der Waals surface area (Å²) < 4.78 is 27.5. The van der Waals surface area contributed by atoms with Gasteiger partial charge in [-0.3, -0.25) is 14.5 Å². The molecule has 0 aliphatic rings. The van der Waals surface area contributed by atoms with Gasteiger partial charge in [0.25, 0.3) is 9.05 Å². The summed E-state index contributed by atoms with van der Waals surface area (Å²) in [6.07, 6.45) is 0. The number of imide groups is 1. The van der Waals surface area contributed by atoms with Crippen LogP contribution in [0, 0.1) is 0 Å². The Morgan fingerprint density at radius 3 is 2.11 bits per heavy atom. The number of methoxy groups -OCH3 is 1. The molecule has 8 heteroatoms. The molecule has 0 radical (unpaired) electrons. The van der Waals surface area contributed by atoms with Gasteiger partial charge in [-0.2, -0.15) is 0 Å². The quantitative estimate of drug-likeness (QED) is 0.791. The molecule has 1 aromatic carbocycles. The summed E-state index contributed by atoms with van der Waals surface area (Å²) in [5.74, 6) is -1.02. The number of hydrogen-bond donors (Lipinski definition) is 0. The molecule has 0 unspecified atom stereocenters. The average molecular weight is 306 g/mol. The minimum absolute atomic E-state index is 0.0417. The van der Waals surface area contributed by atoms with Crippen molar-refractivity contribution in [1.29, 1.82) is 0 Å². The van der Waals surface area contributed by atoms with Crippen molar-refractivity contribution in [2.75, 3.05) is 12.0 Å². The number of anilines is 1. The maximum Gasteiger partial charge on any atom is 0.264 e. The van der Waals surface area contributed by atoms with E-state index in [0.29, 0.717) is 0 Å². The molecule has 0 heterocycles. The summed E-state index contributed by atoms with van der Waals surface area (Å²) in [6, 6.07) is 3.74. The standard InChI is InChI=1S/C11H12ClNO5S/c1-7(14)13(8(2)15)9-4-5-11(19(12,16)17)10(6-9)18-3/h4-6H,1-3H3. The molecule has 0 fully saturated rings. The van der Waals surface area contributed by atoms with Crippen molar-refractivity contribution >= 4 is 37.2 Å². The third-order valence-corrected chi connectivity index (χ3v) is 3.66. The molecule has 0 saturated heterocycles. The van der Waals surface area contributed by atoms with E-state index < -0.39 is 20.9 Å². The van der Waals surface area contributed by atoms with E-state index in [1.54, 1.807) is 0 Å². The highest BCUT2D eigenvalue weighted by Gasteiger charge is 2.21. The minimum atomic E-state index is -3.97. The van der Waals surface area contributed by atoms with Crippen molar-refractivity contribution in [3.63, 3.8) is 0 Å². The van der Waals surface area contributed by atoms with E-state index in [0.717, 1.165) is 4.90 Å². The lowest BCUT2D eigenvalue weighted by molar-refractivity contribution is -0.124. The first-order valence-corrected chi connectivity index (χ1v) is 7.43. The third kappa shape index (κ3) is 3.45. The minimum Gasteiger partial charge on any atom is -0.495 e. The van der Waals surface area contributed by atoms with E-state index in [4.69, 9.17) is 15.4 Å². The van der Waals surface area contributed by atoms with Crippen molar-refractivity contribution in [3.05, 3.63) is 18.2 Å². The van der Waals surface area contributed by atoms with E-state index in [-0.39, 0.29) is 16.3 Å². The third-order valence-electron chi connectivity index (χ3n) is 2.30. The van der Waals surface area contributed by atoms with Crippen LogP contribution in [-0.4, -0.2) is 27.3 Å². The summed E-state index contributed by atoms with van der Waals surface area (Å²) in [4.78, 5) is 23.4. The first kappa shape index (κ1) is 15.5. The fourth-order valence-corrected chi connectivity index (χ4v) is 2.58. The number of halogens is 1. The van der Waals surface area contributed by atoms with Gasteiger partial charge < -0.3 is 4.74 Å². The average Bonchev–Trinajstić information content (AvgIpc) is 2.26. The van der Waals surface area contributed by atoms with Crippen LogP contribution >= 0.6 is 10.7 Å². The van der Waals surface area contributed by atoms with Crippen LogP contribution in [0.4, 0.5) is 5.69 Å². The fraction of sp³-hybridized carbons (Fsp3) is 0.273. The second kappa shape index (κ2) is 5.58. The van der Waals surface area contributed by atoms with Crippen LogP contribution in [0.3, 0.4) is 0 Å². The van der Waals surface area contributed by atoms with Crippen LogP contribution in [0.25, 0.3) is 0 Å². The van der Waals surface area contributed by atoms with Crippen molar-refractivity contribution in [1.82, 2.24) is 0 Å². The Bertz CT molecular complexity index is 612. The molecule has 0 N–H and O–H groups in total. The van der Waals surface area contributed by atoms with Crippen LogP contribution in [0.2, 0.25) is 0 Å². The molecule has 0 bridgehead atoms. The first-order valence-electron chi connectivity index (χ1n) is 5.12. The van der Waals surface area contributed by atoms with Gasteiger partial charge in [0.2, 0.25) is 11.8 Å². The lowest BCUT2D eigenvalue weighted by atomic mass is 10.2. The molecule has 0 atom stereocenters. The first-order chi connectivity index (χ1) is 8.68. The molecular formula is C11H12ClNO5S. The Hall–Kier alpha value is -1.60. The predicted octanol–water partition coefficient (Wildman–Crippen LogP) is 1.52. The fourth-order valence-electron chi connectivity index (χ4n) is 1.58. The Morgan fingerprint density at radius 2 is 1.74 bits per heavy atom. The molecule has 0 spiro atoms. The summed E-state index contributed by atoms with van der Waals surface area (Å²) in [7, 11) is 2.54. The highest BCUT2D eigenvalue weighted by atomic mass is 35.7. The Balaban J connectivity index is 3.42.